The Morgan fingerprint density at radius 1 is 0.980 bits per heavy atom. The predicted molar refractivity (Wildman–Crippen MR) is 182 cm³/mol. The molecule has 2 heterocycles. The molecule has 0 spiro atoms. The Hall–Kier alpha value is -5.53. The number of nitrogens with zero attached hydrogens (tertiary/aromatic N) is 3. The summed E-state index contributed by atoms with van der Waals surface area (Å²) in [4.78, 5) is 54.2. The zero-order valence-electron chi connectivity index (χ0n) is 29.7. The molecule has 3 amide bonds. The van der Waals surface area contributed by atoms with E-state index in [1.54, 1.807) is 19.9 Å². The highest BCUT2D eigenvalue weighted by atomic mass is 16.6. The number of rotatable bonds is 11. The Morgan fingerprint density at radius 3 is 2.10 bits per heavy atom. The molecule has 0 bridgehead atoms. The van der Waals surface area contributed by atoms with Gasteiger partial charge in [0.05, 0.1) is 57.5 Å². The van der Waals surface area contributed by atoms with E-state index in [0.717, 1.165) is 11.1 Å². The van der Waals surface area contributed by atoms with Crippen LogP contribution in [0.3, 0.4) is 0 Å². The minimum Gasteiger partial charge on any atom is -0.496 e. The topological polar surface area (TPSA) is 159 Å². The van der Waals surface area contributed by atoms with Crippen molar-refractivity contribution in [1.29, 1.82) is 0 Å². The van der Waals surface area contributed by atoms with Crippen LogP contribution in [-0.4, -0.2) is 73.5 Å². The van der Waals surface area contributed by atoms with Crippen LogP contribution in [0.1, 0.15) is 68.6 Å². The molecule has 2 aliphatic heterocycles. The lowest BCUT2D eigenvalue weighted by molar-refractivity contribution is -0.385. The molecule has 3 aromatic carbocycles. The van der Waals surface area contributed by atoms with Gasteiger partial charge < -0.3 is 38.8 Å². The zero-order chi connectivity index (χ0) is 36.7. The highest BCUT2D eigenvalue weighted by Crippen LogP contribution is 2.54. The lowest BCUT2D eigenvalue weighted by Gasteiger charge is -2.37. The number of carbonyl (C=O) groups is 3. The second-order valence-corrected chi connectivity index (χ2v) is 12.6. The van der Waals surface area contributed by atoms with Gasteiger partial charge >= 0.3 is 0 Å². The van der Waals surface area contributed by atoms with Crippen molar-refractivity contribution in [3.8, 4) is 34.5 Å². The van der Waals surface area contributed by atoms with Crippen LogP contribution in [-0.2, 0) is 32.8 Å². The second kappa shape index (κ2) is 13.8. The summed E-state index contributed by atoms with van der Waals surface area (Å²) in [6.07, 6.45) is -1.31. The molecule has 14 heteroatoms. The van der Waals surface area contributed by atoms with E-state index in [2.05, 4.69) is 5.32 Å². The molecule has 266 valence electrons. The molecule has 0 saturated carbocycles. The van der Waals surface area contributed by atoms with E-state index >= 15 is 0 Å². The zero-order valence-corrected chi connectivity index (χ0v) is 29.7. The molecular weight excluding hydrogens is 648 g/mol. The number of benzene rings is 3. The van der Waals surface area contributed by atoms with E-state index in [1.807, 2.05) is 32.0 Å². The molecule has 0 radical (unpaired) electrons. The maximum absolute atomic E-state index is 14.6. The molecule has 0 aliphatic carbocycles. The first-order valence-corrected chi connectivity index (χ1v) is 16.1. The first kappa shape index (κ1) is 35.8. The highest BCUT2D eigenvalue weighted by Gasteiger charge is 2.48. The van der Waals surface area contributed by atoms with Crippen LogP contribution >= 0.6 is 0 Å². The molecular formula is C36H42N4O10. The first-order chi connectivity index (χ1) is 23.7. The summed E-state index contributed by atoms with van der Waals surface area (Å²) in [6, 6.07) is 9.05. The van der Waals surface area contributed by atoms with E-state index in [4.69, 9.17) is 23.7 Å². The van der Waals surface area contributed by atoms with Gasteiger partial charge in [-0.2, -0.15) is 0 Å². The van der Waals surface area contributed by atoms with Crippen molar-refractivity contribution in [3.05, 3.63) is 74.3 Å². The van der Waals surface area contributed by atoms with Crippen molar-refractivity contribution in [2.45, 2.75) is 65.2 Å². The average molecular weight is 691 g/mol. The number of hydrogen-bond donors (Lipinski definition) is 1. The van der Waals surface area contributed by atoms with Gasteiger partial charge in [0.25, 0.3) is 5.69 Å². The summed E-state index contributed by atoms with van der Waals surface area (Å²) in [5.74, 6) is 1.04. The molecule has 1 N–H and O–H groups in total. The number of non-ortho nitro benzene ring substituents is 1. The fourth-order valence-electron chi connectivity index (χ4n) is 6.86. The smallest absolute Gasteiger partial charge is 0.273 e. The van der Waals surface area contributed by atoms with Crippen LogP contribution in [0, 0.1) is 10.1 Å². The number of ether oxygens (including phenoxy) is 5. The fourth-order valence-corrected chi connectivity index (χ4v) is 6.86. The molecule has 0 unspecified atom stereocenters. The quantitative estimate of drug-likeness (QED) is 0.214. The Bertz CT molecular complexity index is 1870. The van der Waals surface area contributed by atoms with Crippen molar-refractivity contribution in [2.75, 3.05) is 35.0 Å². The van der Waals surface area contributed by atoms with Gasteiger partial charge in [0.15, 0.2) is 11.5 Å². The van der Waals surface area contributed by atoms with Crippen LogP contribution in [0.2, 0.25) is 0 Å². The maximum atomic E-state index is 14.6. The van der Waals surface area contributed by atoms with Gasteiger partial charge in [-0.25, -0.2) is 0 Å². The highest BCUT2D eigenvalue weighted by molar-refractivity contribution is 5.93. The number of carbonyl (C=O) groups excluding carboxylic acids is 3. The van der Waals surface area contributed by atoms with Crippen LogP contribution in [0.5, 0.6) is 34.5 Å². The molecule has 50 heavy (non-hydrogen) atoms. The van der Waals surface area contributed by atoms with Crippen molar-refractivity contribution in [1.82, 2.24) is 15.1 Å². The third kappa shape index (κ3) is 5.98. The van der Waals surface area contributed by atoms with E-state index in [9.17, 15) is 24.5 Å². The van der Waals surface area contributed by atoms with Crippen LogP contribution in [0.15, 0.2) is 36.4 Å². The molecule has 3 aromatic rings. The molecule has 2 aliphatic rings. The molecule has 2 atom stereocenters. The van der Waals surface area contributed by atoms with Crippen molar-refractivity contribution >= 4 is 23.4 Å². The summed E-state index contributed by atoms with van der Waals surface area (Å²) in [6.45, 7) is 9.20. The van der Waals surface area contributed by atoms with Gasteiger partial charge in [0.2, 0.25) is 17.7 Å². The summed E-state index contributed by atoms with van der Waals surface area (Å²) in [7, 11) is 5.93. The lowest BCUT2D eigenvalue weighted by Crippen LogP contribution is -2.39. The SMILES string of the molecule is CCOc1c(OC)cc([N+](=O)[O-])cc1[C@@H]1N(C)C(=O)[C@H](C)N1C(=O)Cc1c(OC)ccc2c1Oc1c(ccc(OC)c1CNC(C)=O)C2(C)C. The lowest BCUT2D eigenvalue weighted by atomic mass is 9.74. The van der Waals surface area contributed by atoms with E-state index in [1.165, 1.54) is 57.2 Å². The number of hydrogen-bond acceptors (Lipinski definition) is 10. The Kier molecular flexibility index (Phi) is 9.85. The number of fused-ring (bicyclic) bond motifs is 2. The molecule has 14 nitrogen and oxygen atoms in total. The second-order valence-electron chi connectivity index (χ2n) is 12.6. The van der Waals surface area contributed by atoms with Crippen molar-refractivity contribution in [2.24, 2.45) is 0 Å². The van der Waals surface area contributed by atoms with Crippen molar-refractivity contribution < 1.29 is 43.0 Å². The molecule has 1 saturated heterocycles. The number of nitro benzene ring substituents is 1. The maximum Gasteiger partial charge on any atom is 0.273 e. The minimum atomic E-state index is -1.06. The van der Waals surface area contributed by atoms with Gasteiger partial charge in [-0.15, -0.1) is 0 Å². The largest absolute Gasteiger partial charge is 0.496 e. The van der Waals surface area contributed by atoms with Gasteiger partial charge in [-0.1, -0.05) is 26.0 Å². The monoisotopic (exact) mass is 690 g/mol. The van der Waals surface area contributed by atoms with Crippen LogP contribution in [0.4, 0.5) is 5.69 Å². The number of nitro groups is 1. The van der Waals surface area contributed by atoms with E-state index in [0.29, 0.717) is 34.1 Å². The molecule has 0 aromatic heterocycles. The minimum absolute atomic E-state index is 0.0995. The molecule has 1 fully saturated rings. The summed E-state index contributed by atoms with van der Waals surface area (Å²) >= 11 is 0. The van der Waals surface area contributed by atoms with Gasteiger partial charge in [0, 0.05) is 47.7 Å². The molecule has 5 rings (SSSR count). The number of methoxy groups -OCH3 is 3. The van der Waals surface area contributed by atoms with Gasteiger partial charge in [-0.05, 0) is 26.0 Å². The fraction of sp³-hybridized carbons (Fsp3) is 0.417. The Labute approximate surface area is 290 Å². The number of likely N-dealkylation sites (N-methyl/N-ethyl adjacent to an activating group) is 1. The van der Waals surface area contributed by atoms with Gasteiger partial charge in [-0.3, -0.25) is 24.5 Å². The van der Waals surface area contributed by atoms with Gasteiger partial charge in [0.1, 0.15) is 35.2 Å². The normalized spacial score (nSPS) is 17.3. The van der Waals surface area contributed by atoms with E-state index in [-0.39, 0.29) is 54.1 Å². The number of nitrogens with one attached hydrogen (secondary N) is 1. The third-order valence-electron chi connectivity index (χ3n) is 9.37. The Morgan fingerprint density at radius 2 is 1.56 bits per heavy atom. The number of amides is 3. The average Bonchev–Trinajstić information content (AvgIpc) is 3.30. The summed E-state index contributed by atoms with van der Waals surface area (Å²) < 4.78 is 29.5. The van der Waals surface area contributed by atoms with E-state index < -0.39 is 28.5 Å². The summed E-state index contributed by atoms with van der Waals surface area (Å²) in [5.41, 5.74) is 2.05. The third-order valence-corrected chi connectivity index (χ3v) is 9.37. The standard InChI is InChI=1S/C36H42N4O10/c1-10-49-33-23(15-21(40(44)45)16-29(33)48-9)34-38(6)35(43)19(2)39(34)30(42)17-22-27(46-7)13-11-25-31(22)50-32-24(18-37-20(3)41)28(47-8)14-12-26(32)36(25,4)5/h11-16,19,34H,10,17-18H2,1-9H3,(H,37,41)/t19-,34+/m0/s1. The predicted octanol–water partition coefficient (Wildman–Crippen LogP) is 5.02. The Balaban J connectivity index is 1.65. The van der Waals surface area contributed by atoms with Crippen molar-refractivity contribution in [3.63, 3.8) is 0 Å². The van der Waals surface area contributed by atoms with Crippen LogP contribution < -0.4 is 29.0 Å². The summed E-state index contributed by atoms with van der Waals surface area (Å²) in [5, 5.41) is 14.8. The van der Waals surface area contributed by atoms with Crippen LogP contribution in [0.25, 0.3) is 0 Å². The first-order valence-electron chi connectivity index (χ1n) is 16.1.